The Hall–Kier alpha value is -2.97. The maximum Gasteiger partial charge on any atom is 0.407 e. The highest BCUT2D eigenvalue weighted by Gasteiger charge is 2.42. The molecule has 3 aliphatic heterocycles. The predicted octanol–water partition coefficient (Wildman–Crippen LogP) is 1.61. The molecule has 0 radical (unpaired) electrons. The molecule has 4 rings (SSSR count). The SMILES string of the molecule is O=C1CCC(N2Cc3c(Cl)cc(CNC(=O)OCC4CCN(CC(F)(F)F)N4)c(F)c3C2=O)C(=O)N1. The molecule has 4 amide bonds. The van der Waals surface area contributed by atoms with E-state index >= 15 is 4.39 Å². The summed E-state index contributed by atoms with van der Waals surface area (Å²) in [5.41, 5.74) is 2.40. The van der Waals surface area contributed by atoms with Crippen LogP contribution in [0, 0.1) is 5.82 Å². The van der Waals surface area contributed by atoms with Crippen LogP contribution < -0.4 is 16.1 Å². The third-order valence-corrected chi connectivity index (χ3v) is 6.44. The third kappa shape index (κ3) is 5.71. The van der Waals surface area contributed by atoms with Crippen molar-refractivity contribution in [2.45, 2.75) is 50.6 Å². The molecule has 0 aliphatic carbocycles. The maximum atomic E-state index is 15.2. The zero-order valence-electron chi connectivity index (χ0n) is 18.7. The van der Waals surface area contributed by atoms with Crippen LogP contribution in [0.3, 0.4) is 0 Å². The van der Waals surface area contributed by atoms with Crippen molar-refractivity contribution in [2.24, 2.45) is 0 Å². The number of nitrogens with one attached hydrogen (secondary N) is 3. The van der Waals surface area contributed by atoms with Crippen LogP contribution in [0.2, 0.25) is 5.02 Å². The highest BCUT2D eigenvalue weighted by Crippen LogP contribution is 2.35. The third-order valence-electron chi connectivity index (χ3n) is 6.10. The van der Waals surface area contributed by atoms with Crippen LogP contribution in [-0.4, -0.2) is 71.7 Å². The lowest BCUT2D eigenvalue weighted by molar-refractivity contribution is -0.149. The highest BCUT2D eigenvalue weighted by atomic mass is 35.5. The van der Waals surface area contributed by atoms with Crippen molar-refractivity contribution in [2.75, 3.05) is 19.7 Å². The standard InChI is InChI=1S/C21H22ClF4N5O5/c22-13-5-10(6-27-20(35)36-8-11-3-4-30(29-11)9-21(24,25)26)17(23)16-12(13)7-31(19(16)34)14-1-2-15(32)28-18(14)33/h5,11,14,29H,1-4,6-9H2,(H,27,35)(H,28,32,33). The molecular weight excluding hydrogens is 514 g/mol. The van der Waals surface area contributed by atoms with Crippen LogP contribution >= 0.6 is 11.6 Å². The van der Waals surface area contributed by atoms with E-state index in [4.69, 9.17) is 16.3 Å². The molecule has 0 bridgehead atoms. The Morgan fingerprint density at radius 3 is 2.69 bits per heavy atom. The second-order valence-corrected chi connectivity index (χ2v) is 9.10. The summed E-state index contributed by atoms with van der Waals surface area (Å²) in [5, 5.41) is 5.54. The zero-order chi connectivity index (χ0) is 26.2. The number of hydrogen-bond donors (Lipinski definition) is 3. The van der Waals surface area contributed by atoms with Gasteiger partial charge in [-0.15, -0.1) is 0 Å². The lowest BCUT2D eigenvalue weighted by Gasteiger charge is -2.29. The first-order chi connectivity index (χ1) is 16.9. The van der Waals surface area contributed by atoms with Gasteiger partial charge in [-0.1, -0.05) is 11.6 Å². The van der Waals surface area contributed by atoms with Crippen LogP contribution in [-0.2, 0) is 27.4 Å². The van der Waals surface area contributed by atoms with Gasteiger partial charge in [0, 0.05) is 42.2 Å². The predicted molar refractivity (Wildman–Crippen MR) is 115 cm³/mol. The first kappa shape index (κ1) is 26.1. The van der Waals surface area contributed by atoms with E-state index in [0.717, 1.165) is 9.91 Å². The Bertz CT molecular complexity index is 1100. The van der Waals surface area contributed by atoms with Crippen LogP contribution in [0.25, 0.3) is 0 Å². The van der Waals surface area contributed by atoms with E-state index in [-0.39, 0.29) is 60.8 Å². The van der Waals surface area contributed by atoms with Crippen molar-refractivity contribution in [3.8, 4) is 0 Å². The number of carbonyl (C=O) groups is 4. The molecule has 3 aliphatic rings. The molecule has 36 heavy (non-hydrogen) atoms. The number of hydrogen-bond acceptors (Lipinski definition) is 7. The number of nitrogens with zero attached hydrogens (tertiary/aromatic N) is 2. The summed E-state index contributed by atoms with van der Waals surface area (Å²) in [4.78, 5) is 49.7. The number of piperidine rings is 1. The molecule has 3 heterocycles. The zero-order valence-corrected chi connectivity index (χ0v) is 19.5. The van der Waals surface area contributed by atoms with Gasteiger partial charge in [0.2, 0.25) is 11.8 Å². The van der Waals surface area contributed by atoms with Gasteiger partial charge in [0.15, 0.2) is 0 Å². The number of rotatable bonds is 6. The Balaban J connectivity index is 1.33. The summed E-state index contributed by atoms with van der Waals surface area (Å²) in [5.74, 6) is -2.76. The molecule has 2 unspecified atom stereocenters. The minimum atomic E-state index is -4.36. The molecule has 1 aromatic carbocycles. The molecule has 1 aromatic rings. The molecular formula is C21H22ClF4N5O5. The Kier molecular flexibility index (Phi) is 7.38. The van der Waals surface area contributed by atoms with Crippen LogP contribution in [0.1, 0.15) is 40.7 Å². The average molecular weight is 536 g/mol. The van der Waals surface area contributed by atoms with Crippen molar-refractivity contribution >= 4 is 35.4 Å². The maximum absolute atomic E-state index is 15.2. The van der Waals surface area contributed by atoms with Crippen molar-refractivity contribution < 1.29 is 41.5 Å². The molecule has 0 saturated carbocycles. The second-order valence-electron chi connectivity index (χ2n) is 8.69. The first-order valence-corrected chi connectivity index (χ1v) is 11.4. The Labute approximate surface area is 207 Å². The number of carbonyl (C=O) groups excluding carboxylic acids is 4. The van der Waals surface area contributed by atoms with Gasteiger partial charge in [-0.25, -0.2) is 19.6 Å². The van der Waals surface area contributed by atoms with Gasteiger partial charge in [0.05, 0.1) is 11.6 Å². The number of halogens is 5. The summed E-state index contributed by atoms with van der Waals surface area (Å²) in [7, 11) is 0. The largest absolute Gasteiger partial charge is 0.448 e. The summed E-state index contributed by atoms with van der Waals surface area (Å²) in [6, 6.07) is -0.184. The number of hydrazine groups is 1. The molecule has 10 nitrogen and oxygen atoms in total. The molecule has 2 fully saturated rings. The fraction of sp³-hybridized carbons (Fsp3) is 0.524. The van der Waals surface area contributed by atoms with Gasteiger partial charge in [0.1, 0.15) is 25.0 Å². The minimum Gasteiger partial charge on any atom is -0.448 e. The summed E-state index contributed by atoms with van der Waals surface area (Å²) >= 11 is 6.26. The topological polar surface area (TPSA) is 120 Å². The number of amides is 4. The quantitative estimate of drug-likeness (QED) is 0.374. The Morgan fingerprint density at radius 2 is 2.00 bits per heavy atom. The van der Waals surface area contributed by atoms with Crippen molar-refractivity contribution in [3.63, 3.8) is 0 Å². The Morgan fingerprint density at radius 1 is 1.25 bits per heavy atom. The smallest absolute Gasteiger partial charge is 0.407 e. The van der Waals surface area contributed by atoms with Gasteiger partial charge < -0.3 is 15.0 Å². The van der Waals surface area contributed by atoms with E-state index < -0.39 is 54.4 Å². The van der Waals surface area contributed by atoms with Crippen molar-refractivity contribution in [1.29, 1.82) is 0 Å². The summed E-state index contributed by atoms with van der Waals surface area (Å²) in [6.45, 7) is -1.67. The summed E-state index contributed by atoms with van der Waals surface area (Å²) < 4.78 is 57.6. The lowest BCUT2D eigenvalue weighted by atomic mass is 10.0. The van der Waals surface area contributed by atoms with E-state index in [1.165, 1.54) is 6.07 Å². The molecule has 2 saturated heterocycles. The van der Waals surface area contributed by atoms with Gasteiger partial charge in [0.25, 0.3) is 5.91 Å². The normalized spacial score (nSPS) is 22.6. The van der Waals surface area contributed by atoms with E-state index in [9.17, 15) is 32.3 Å². The van der Waals surface area contributed by atoms with E-state index in [0.29, 0.717) is 6.42 Å². The number of benzene rings is 1. The molecule has 15 heteroatoms. The number of imide groups is 1. The number of ether oxygens (including phenoxy) is 1. The molecule has 3 N–H and O–H groups in total. The van der Waals surface area contributed by atoms with E-state index in [1.807, 2.05) is 0 Å². The lowest BCUT2D eigenvalue weighted by Crippen LogP contribution is -2.52. The van der Waals surface area contributed by atoms with Crippen LogP contribution in [0.4, 0.5) is 22.4 Å². The van der Waals surface area contributed by atoms with Gasteiger partial charge in [-0.3, -0.25) is 19.7 Å². The average Bonchev–Trinajstić information content (AvgIpc) is 3.37. The van der Waals surface area contributed by atoms with Gasteiger partial charge in [-0.05, 0) is 18.9 Å². The monoisotopic (exact) mass is 535 g/mol. The molecule has 196 valence electrons. The molecule has 0 aromatic heterocycles. The van der Waals surface area contributed by atoms with E-state index in [2.05, 4.69) is 16.1 Å². The van der Waals surface area contributed by atoms with Crippen molar-refractivity contribution in [3.05, 3.63) is 33.6 Å². The van der Waals surface area contributed by atoms with E-state index in [1.54, 1.807) is 0 Å². The minimum absolute atomic E-state index is 0.0424. The first-order valence-electron chi connectivity index (χ1n) is 11.1. The number of alkyl carbamates (subject to hydrolysis) is 1. The summed E-state index contributed by atoms with van der Waals surface area (Å²) in [6.07, 6.45) is -4.81. The molecule has 0 spiro atoms. The van der Waals surface area contributed by atoms with Crippen LogP contribution in [0.5, 0.6) is 0 Å². The fourth-order valence-electron chi connectivity index (χ4n) is 4.39. The highest BCUT2D eigenvalue weighted by molar-refractivity contribution is 6.32. The second kappa shape index (κ2) is 10.2. The number of alkyl halides is 3. The fourth-order valence-corrected chi connectivity index (χ4v) is 4.68. The molecule has 2 atom stereocenters. The van der Waals surface area contributed by atoms with Crippen LogP contribution in [0.15, 0.2) is 6.07 Å². The van der Waals surface area contributed by atoms with Crippen molar-refractivity contribution in [1.82, 2.24) is 26.0 Å². The number of fused-ring (bicyclic) bond motifs is 1. The van der Waals surface area contributed by atoms with Gasteiger partial charge >= 0.3 is 12.3 Å². The van der Waals surface area contributed by atoms with Gasteiger partial charge in [-0.2, -0.15) is 13.2 Å².